The molecule has 0 aromatic heterocycles. The Morgan fingerprint density at radius 1 is 1.04 bits per heavy atom. The summed E-state index contributed by atoms with van der Waals surface area (Å²) in [6.45, 7) is 1.92. The predicted molar refractivity (Wildman–Crippen MR) is 96.9 cm³/mol. The van der Waals surface area contributed by atoms with Gasteiger partial charge in [0, 0.05) is 43.6 Å². The van der Waals surface area contributed by atoms with Gasteiger partial charge in [-0.25, -0.2) is 8.42 Å². The molecule has 2 rings (SSSR count). The second-order valence-electron chi connectivity index (χ2n) is 5.73. The van der Waals surface area contributed by atoms with E-state index in [1.807, 2.05) is 49.3 Å². The second kappa shape index (κ2) is 7.77. The van der Waals surface area contributed by atoms with E-state index in [1.165, 1.54) is 0 Å². The minimum absolute atomic E-state index is 0.135. The summed E-state index contributed by atoms with van der Waals surface area (Å²) in [6.07, 6.45) is 0.575. The summed E-state index contributed by atoms with van der Waals surface area (Å²) in [5.74, 6) is 0.135. The number of benzene rings is 2. The SMILES string of the molecule is CN(C)c1cccc2c(S(=O)(=O)CCCNCCN)cccc12. The molecule has 0 aliphatic carbocycles. The van der Waals surface area contributed by atoms with E-state index in [0.717, 1.165) is 16.5 Å². The number of rotatable bonds is 8. The predicted octanol–water partition coefficient (Wildman–Crippen LogP) is 1.62. The van der Waals surface area contributed by atoms with Crippen molar-refractivity contribution in [2.75, 3.05) is 44.4 Å². The molecular formula is C17H25N3O2S. The van der Waals surface area contributed by atoms with Crippen LogP contribution in [0.4, 0.5) is 5.69 Å². The molecule has 126 valence electrons. The molecule has 2 aromatic carbocycles. The zero-order valence-electron chi connectivity index (χ0n) is 13.7. The van der Waals surface area contributed by atoms with Gasteiger partial charge in [0.1, 0.15) is 0 Å². The minimum atomic E-state index is -3.31. The van der Waals surface area contributed by atoms with Crippen LogP contribution in [0.25, 0.3) is 10.8 Å². The van der Waals surface area contributed by atoms with E-state index in [2.05, 4.69) is 5.32 Å². The van der Waals surface area contributed by atoms with Crippen molar-refractivity contribution >= 4 is 26.3 Å². The standard InChI is InChI=1S/C17H25N3O2S/c1-20(2)16-8-3-7-15-14(16)6-4-9-17(15)23(21,22)13-5-11-19-12-10-18/h3-4,6-9,19H,5,10-13,18H2,1-2H3. The Morgan fingerprint density at radius 2 is 1.74 bits per heavy atom. The zero-order valence-corrected chi connectivity index (χ0v) is 14.6. The van der Waals surface area contributed by atoms with Crippen LogP contribution in [0.1, 0.15) is 6.42 Å². The fourth-order valence-corrected chi connectivity index (χ4v) is 4.19. The lowest BCUT2D eigenvalue weighted by Gasteiger charge is -2.17. The van der Waals surface area contributed by atoms with E-state index in [4.69, 9.17) is 5.73 Å². The number of nitrogens with two attached hydrogens (primary N) is 1. The van der Waals surface area contributed by atoms with Gasteiger partial charge in [-0.05, 0) is 25.1 Å². The summed E-state index contributed by atoms with van der Waals surface area (Å²) in [5, 5.41) is 4.87. The summed E-state index contributed by atoms with van der Waals surface area (Å²) in [6, 6.07) is 11.3. The van der Waals surface area contributed by atoms with Crippen molar-refractivity contribution in [1.29, 1.82) is 0 Å². The Balaban J connectivity index is 2.30. The lowest BCUT2D eigenvalue weighted by molar-refractivity contribution is 0.590. The molecule has 0 saturated carbocycles. The van der Waals surface area contributed by atoms with Crippen LogP contribution in [-0.2, 0) is 9.84 Å². The van der Waals surface area contributed by atoms with Crippen molar-refractivity contribution in [2.45, 2.75) is 11.3 Å². The number of fused-ring (bicyclic) bond motifs is 1. The Hall–Kier alpha value is -1.63. The van der Waals surface area contributed by atoms with Crippen LogP contribution >= 0.6 is 0 Å². The molecule has 0 radical (unpaired) electrons. The summed E-state index contributed by atoms with van der Waals surface area (Å²) in [7, 11) is 0.609. The average molecular weight is 335 g/mol. The molecule has 3 N–H and O–H groups in total. The van der Waals surface area contributed by atoms with Crippen LogP contribution in [0.3, 0.4) is 0 Å². The summed E-state index contributed by atoms with van der Waals surface area (Å²) >= 11 is 0. The van der Waals surface area contributed by atoms with Crippen molar-refractivity contribution < 1.29 is 8.42 Å². The van der Waals surface area contributed by atoms with Gasteiger partial charge in [-0.2, -0.15) is 0 Å². The van der Waals surface area contributed by atoms with Gasteiger partial charge in [-0.15, -0.1) is 0 Å². The molecule has 0 fully saturated rings. The Labute approximate surface area is 138 Å². The van der Waals surface area contributed by atoms with Gasteiger partial charge in [0.05, 0.1) is 10.6 Å². The molecule has 2 aromatic rings. The summed E-state index contributed by atoms with van der Waals surface area (Å²) in [4.78, 5) is 2.41. The summed E-state index contributed by atoms with van der Waals surface area (Å²) in [5.41, 5.74) is 6.42. The second-order valence-corrected chi connectivity index (χ2v) is 7.81. The molecule has 6 heteroatoms. The average Bonchev–Trinajstić information content (AvgIpc) is 2.53. The highest BCUT2D eigenvalue weighted by Crippen LogP contribution is 2.30. The maximum absolute atomic E-state index is 12.7. The molecule has 0 bridgehead atoms. The van der Waals surface area contributed by atoms with Crippen molar-refractivity contribution in [1.82, 2.24) is 5.32 Å². The van der Waals surface area contributed by atoms with Gasteiger partial charge in [-0.1, -0.05) is 24.3 Å². The van der Waals surface area contributed by atoms with E-state index in [0.29, 0.717) is 31.0 Å². The van der Waals surface area contributed by atoms with Crippen molar-refractivity contribution in [2.24, 2.45) is 5.73 Å². The van der Waals surface area contributed by atoms with Gasteiger partial charge in [0.25, 0.3) is 0 Å². The van der Waals surface area contributed by atoms with E-state index < -0.39 is 9.84 Å². The van der Waals surface area contributed by atoms with E-state index in [1.54, 1.807) is 6.07 Å². The van der Waals surface area contributed by atoms with Crippen molar-refractivity contribution in [3.05, 3.63) is 36.4 Å². The largest absolute Gasteiger partial charge is 0.377 e. The maximum Gasteiger partial charge on any atom is 0.179 e. The van der Waals surface area contributed by atoms with Crippen LogP contribution in [0.15, 0.2) is 41.3 Å². The molecule has 23 heavy (non-hydrogen) atoms. The van der Waals surface area contributed by atoms with Crippen LogP contribution in [0, 0.1) is 0 Å². The highest BCUT2D eigenvalue weighted by Gasteiger charge is 2.18. The molecule has 0 saturated heterocycles. The Morgan fingerprint density at radius 3 is 2.43 bits per heavy atom. The lowest BCUT2D eigenvalue weighted by atomic mass is 10.1. The monoisotopic (exact) mass is 335 g/mol. The number of nitrogens with zero attached hydrogens (tertiary/aromatic N) is 1. The lowest BCUT2D eigenvalue weighted by Crippen LogP contribution is -2.24. The molecule has 0 aliphatic heterocycles. The topological polar surface area (TPSA) is 75.4 Å². The Kier molecular flexibility index (Phi) is 5.98. The molecule has 0 aliphatic rings. The third-order valence-corrected chi connectivity index (χ3v) is 5.62. The fourth-order valence-electron chi connectivity index (χ4n) is 2.65. The number of hydrogen-bond acceptors (Lipinski definition) is 5. The molecule has 0 spiro atoms. The smallest absolute Gasteiger partial charge is 0.179 e. The zero-order chi connectivity index (χ0) is 16.9. The third-order valence-electron chi connectivity index (χ3n) is 3.76. The number of anilines is 1. The minimum Gasteiger partial charge on any atom is -0.377 e. The van der Waals surface area contributed by atoms with Gasteiger partial charge < -0.3 is 16.0 Å². The van der Waals surface area contributed by atoms with Crippen LogP contribution in [0.5, 0.6) is 0 Å². The molecule has 0 unspecified atom stereocenters. The highest BCUT2D eigenvalue weighted by molar-refractivity contribution is 7.91. The number of nitrogens with one attached hydrogen (secondary N) is 1. The molecule has 0 atom stereocenters. The van der Waals surface area contributed by atoms with Crippen LogP contribution < -0.4 is 16.0 Å². The first-order chi connectivity index (χ1) is 11.0. The van der Waals surface area contributed by atoms with E-state index >= 15 is 0 Å². The normalized spacial score (nSPS) is 11.8. The third kappa shape index (κ3) is 4.22. The van der Waals surface area contributed by atoms with E-state index in [-0.39, 0.29) is 5.75 Å². The van der Waals surface area contributed by atoms with Gasteiger partial charge in [0.15, 0.2) is 9.84 Å². The number of hydrogen-bond donors (Lipinski definition) is 2. The molecule has 0 amide bonds. The van der Waals surface area contributed by atoms with Crippen molar-refractivity contribution in [3.63, 3.8) is 0 Å². The fraction of sp³-hybridized carbons (Fsp3) is 0.412. The first-order valence-corrected chi connectivity index (χ1v) is 9.45. The highest BCUT2D eigenvalue weighted by atomic mass is 32.2. The Bertz CT molecular complexity index is 758. The van der Waals surface area contributed by atoms with Crippen molar-refractivity contribution in [3.8, 4) is 0 Å². The molecule has 5 nitrogen and oxygen atoms in total. The van der Waals surface area contributed by atoms with Crippen LogP contribution in [-0.4, -0.2) is 47.9 Å². The van der Waals surface area contributed by atoms with E-state index in [9.17, 15) is 8.42 Å². The van der Waals surface area contributed by atoms with Gasteiger partial charge >= 0.3 is 0 Å². The first kappa shape index (κ1) is 17.7. The van der Waals surface area contributed by atoms with Gasteiger partial charge in [0.2, 0.25) is 0 Å². The quantitative estimate of drug-likeness (QED) is 0.717. The molecule has 0 heterocycles. The van der Waals surface area contributed by atoms with Gasteiger partial charge in [-0.3, -0.25) is 0 Å². The molecular weight excluding hydrogens is 310 g/mol. The first-order valence-electron chi connectivity index (χ1n) is 7.80. The maximum atomic E-state index is 12.7. The van der Waals surface area contributed by atoms with Crippen LogP contribution in [0.2, 0.25) is 0 Å². The summed E-state index contributed by atoms with van der Waals surface area (Å²) < 4.78 is 25.4. The number of sulfone groups is 1.